The van der Waals surface area contributed by atoms with Crippen LogP contribution in [0.15, 0.2) is 34.1 Å². The molecular formula is C16H26N6O11P2. The molecule has 2 aromatic rings. The Bertz CT molecular complexity index is 1190. The maximum atomic E-state index is 11.4. The van der Waals surface area contributed by atoms with Crippen molar-refractivity contribution in [2.45, 2.75) is 25.3 Å². The molecule has 0 bridgehead atoms. The fraction of sp³-hybridized carbons (Fsp3) is 0.500. The fourth-order valence-corrected chi connectivity index (χ4v) is 3.83. The summed E-state index contributed by atoms with van der Waals surface area (Å²) in [7, 11) is -7.91. The van der Waals surface area contributed by atoms with Crippen LogP contribution in [-0.4, -0.2) is 77.0 Å². The van der Waals surface area contributed by atoms with Crippen LogP contribution in [0.4, 0.5) is 11.6 Å². The van der Waals surface area contributed by atoms with Gasteiger partial charge in [0.05, 0.1) is 32.4 Å². The highest BCUT2D eigenvalue weighted by Crippen LogP contribution is 2.44. The van der Waals surface area contributed by atoms with Crippen LogP contribution in [0.5, 0.6) is 0 Å². The summed E-state index contributed by atoms with van der Waals surface area (Å²) in [5.74, 6) is 0.208. The first-order valence-electron chi connectivity index (χ1n) is 9.79. The third-order valence-electron chi connectivity index (χ3n) is 4.21. The summed E-state index contributed by atoms with van der Waals surface area (Å²) in [6.07, 6.45) is 0.285. The zero-order valence-corrected chi connectivity index (χ0v) is 20.0. The summed E-state index contributed by atoms with van der Waals surface area (Å²) >= 11 is 0. The predicted molar refractivity (Wildman–Crippen MR) is 120 cm³/mol. The van der Waals surface area contributed by atoms with Crippen molar-refractivity contribution >= 4 is 26.8 Å². The van der Waals surface area contributed by atoms with Gasteiger partial charge in [-0.1, -0.05) is 0 Å². The van der Waals surface area contributed by atoms with E-state index in [-0.39, 0.29) is 37.7 Å². The Morgan fingerprint density at radius 1 is 1.17 bits per heavy atom. The summed E-state index contributed by atoms with van der Waals surface area (Å²) in [4.78, 5) is 56.1. The molecular weight excluding hydrogens is 514 g/mol. The van der Waals surface area contributed by atoms with E-state index in [1.807, 2.05) is 0 Å². The molecule has 3 rings (SSSR count). The minimum absolute atomic E-state index is 0.0371. The SMILES string of the molecule is Nc1ccn(C[C@@H](CO)OCP(=O)(O)O)c(=O)n1.Nc1ccn(C[C@H]2COP(=O)(O)CO2)c(=O)n1. The highest BCUT2D eigenvalue weighted by atomic mass is 31.2. The molecule has 0 aliphatic carbocycles. The van der Waals surface area contributed by atoms with Crippen molar-refractivity contribution in [3.63, 3.8) is 0 Å². The maximum Gasteiger partial charge on any atom is 0.353 e. The van der Waals surface area contributed by atoms with Crippen LogP contribution in [0.25, 0.3) is 0 Å². The lowest BCUT2D eigenvalue weighted by Crippen LogP contribution is -2.34. The van der Waals surface area contributed by atoms with Crippen molar-refractivity contribution in [3.8, 4) is 0 Å². The van der Waals surface area contributed by atoms with Gasteiger partial charge in [0.15, 0.2) is 0 Å². The van der Waals surface area contributed by atoms with Gasteiger partial charge in [-0.15, -0.1) is 0 Å². The van der Waals surface area contributed by atoms with Gasteiger partial charge in [-0.05, 0) is 12.1 Å². The first-order valence-corrected chi connectivity index (χ1v) is 13.3. The minimum atomic E-state index is -4.31. The van der Waals surface area contributed by atoms with Gasteiger partial charge in [0, 0.05) is 12.4 Å². The zero-order chi connectivity index (χ0) is 26.2. The third kappa shape index (κ3) is 10.4. The first kappa shape index (κ1) is 28.8. The molecule has 0 amide bonds. The van der Waals surface area contributed by atoms with Gasteiger partial charge in [0.1, 0.15) is 30.4 Å². The van der Waals surface area contributed by atoms with Crippen molar-refractivity contribution in [3.05, 3.63) is 45.5 Å². The maximum absolute atomic E-state index is 11.4. The van der Waals surface area contributed by atoms with E-state index in [4.69, 9.17) is 45.3 Å². The number of hydrogen-bond donors (Lipinski definition) is 6. The Morgan fingerprint density at radius 2 is 1.74 bits per heavy atom. The second kappa shape index (κ2) is 12.5. The fourth-order valence-electron chi connectivity index (χ4n) is 2.56. The van der Waals surface area contributed by atoms with E-state index in [2.05, 4.69) is 9.97 Å². The van der Waals surface area contributed by atoms with E-state index in [1.54, 1.807) is 0 Å². The van der Waals surface area contributed by atoms with Gasteiger partial charge in [0.25, 0.3) is 0 Å². The summed E-state index contributed by atoms with van der Waals surface area (Å²) in [5, 5.41) is 8.99. The van der Waals surface area contributed by atoms with Gasteiger partial charge in [0.2, 0.25) is 0 Å². The average molecular weight is 540 g/mol. The van der Waals surface area contributed by atoms with Crippen molar-refractivity contribution < 1.29 is 42.9 Å². The molecule has 0 aromatic carbocycles. The summed E-state index contributed by atoms with van der Waals surface area (Å²) in [6, 6.07) is 2.88. The van der Waals surface area contributed by atoms with Crippen LogP contribution < -0.4 is 22.8 Å². The summed E-state index contributed by atoms with van der Waals surface area (Å²) < 4.78 is 38.8. The smallest absolute Gasteiger partial charge is 0.353 e. The number of rotatable bonds is 8. The summed E-state index contributed by atoms with van der Waals surface area (Å²) in [6.45, 7) is -0.407. The van der Waals surface area contributed by atoms with Crippen LogP contribution in [-0.2, 0) is 36.2 Å². The average Bonchev–Trinajstić information content (AvgIpc) is 2.75. The number of aromatic nitrogens is 4. The molecule has 196 valence electrons. The standard InChI is InChI=1S/C8H14N3O6P.C8H12N3O5P/c9-7-1-2-11(8(13)10-7)3-6(4-12)17-5-18(14,15)16;9-7-1-2-11(8(12)10-7)3-6-4-16-17(13,14)5-15-6/h1-2,6,12H,3-5H2,(H2,9,10,13)(H2,14,15,16);1-2,6H,3-5H2,(H,13,14)(H2,9,10,12)/t2*6-/m00/s1. The molecule has 8 N–H and O–H groups in total. The lowest BCUT2D eigenvalue weighted by atomic mass is 10.3. The molecule has 2 aromatic heterocycles. The second-order valence-corrected chi connectivity index (χ2v) is 10.6. The number of nitrogen functional groups attached to an aromatic ring is 2. The molecule has 0 saturated carbocycles. The van der Waals surface area contributed by atoms with Crippen molar-refractivity contribution in [1.82, 2.24) is 19.1 Å². The number of nitrogens with two attached hydrogens (primary N) is 2. The highest BCUT2D eigenvalue weighted by Gasteiger charge is 2.30. The van der Waals surface area contributed by atoms with Crippen molar-refractivity contribution in [2.24, 2.45) is 0 Å². The van der Waals surface area contributed by atoms with Crippen molar-refractivity contribution in [2.75, 3.05) is 37.4 Å². The Labute approximate surface area is 197 Å². The second-order valence-electron chi connectivity index (χ2n) is 7.19. The van der Waals surface area contributed by atoms with Crippen LogP contribution in [0.3, 0.4) is 0 Å². The van der Waals surface area contributed by atoms with Gasteiger partial charge >= 0.3 is 26.6 Å². The van der Waals surface area contributed by atoms with E-state index < -0.39 is 51.7 Å². The number of anilines is 2. The molecule has 1 unspecified atom stereocenters. The van der Waals surface area contributed by atoms with Gasteiger partial charge < -0.3 is 45.3 Å². The Kier molecular flexibility index (Phi) is 10.3. The zero-order valence-electron chi connectivity index (χ0n) is 18.2. The Balaban J connectivity index is 0.000000247. The van der Waals surface area contributed by atoms with Crippen molar-refractivity contribution in [1.29, 1.82) is 0 Å². The molecule has 17 nitrogen and oxygen atoms in total. The molecule has 1 saturated heterocycles. The number of hydrogen-bond acceptors (Lipinski definition) is 12. The number of aliphatic hydroxyl groups is 1. The molecule has 19 heteroatoms. The largest absolute Gasteiger partial charge is 0.394 e. The molecule has 1 fully saturated rings. The van der Waals surface area contributed by atoms with Crippen LogP contribution in [0, 0.1) is 0 Å². The molecule has 1 aliphatic rings. The quantitative estimate of drug-likeness (QED) is 0.193. The van der Waals surface area contributed by atoms with Gasteiger partial charge in [-0.2, -0.15) is 9.97 Å². The van der Waals surface area contributed by atoms with Gasteiger partial charge in [-0.25, -0.2) is 9.59 Å². The van der Waals surface area contributed by atoms with E-state index in [9.17, 15) is 18.7 Å². The molecule has 3 heterocycles. The normalized spacial score (nSPS) is 21.1. The highest BCUT2D eigenvalue weighted by molar-refractivity contribution is 7.52. The number of nitrogens with zero attached hydrogens (tertiary/aromatic N) is 4. The third-order valence-corrected chi connectivity index (χ3v) is 5.72. The summed E-state index contributed by atoms with van der Waals surface area (Å²) in [5.41, 5.74) is 9.52. The van der Waals surface area contributed by atoms with E-state index in [0.29, 0.717) is 0 Å². The first-order chi connectivity index (χ1) is 16.3. The van der Waals surface area contributed by atoms with E-state index in [1.165, 1.54) is 29.1 Å². The monoisotopic (exact) mass is 540 g/mol. The van der Waals surface area contributed by atoms with Gasteiger partial charge in [-0.3, -0.25) is 18.3 Å². The molecule has 35 heavy (non-hydrogen) atoms. The predicted octanol–water partition coefficient (Wildman–Crippen LogP) is -2.28. The molecule has 3 atom stereocenters. The number of aliphatic hydroxyl groups excluding tert-OH is 1. The van der Waals surface area contributed by atoms with E-state index >= 15 is 0 Å². The van der Waals surface area contributed by atoms with E-state index in [0.717, 1.165) is 4.57 Å². The molecule has 0 radical (unpaired) electrons. The minimum Gasteiger partial charge on any atom is -0.394 e. The topological polar surface area (TPSA) is 265 Å². The lowest BCUT2D eigenvalue weighted by molar-refractivity contribution is -0.00859. The molecule has 1 aliphatic heterocycles. The lowest BCUT2D eigenvalue weighted by Gasteiger charge is -2.26. The van der Waals surface area contributed by atoms with Crippen LogP contribution in [0.1, 0.15) is 0 Å². The Hall–Kier alpha value is -2.46. The van der Waals surface area contributed by atoms with Crippen LogP contribution >= 0.6 is 15.2 Å². The number of ether oxygens (including phenoxy) is 2. The molecule has 0 spiro atoms. The Morgan fingerprint density at radius 3 is 2.20 bits per heavy atom. The van der Waals surface area contributed by atoms with Crippen LogP contribution in [0.2, 0.25) is 0 Å².